The molecule has 0 bridgehead atoms. The van der Waals surface area contributed by atoms with Gasteiger partial charge in [0.15, 0.2) is 0 Å². The number of carbonyl (C=O) groups excluding carboxylic acids is 2. The molecule has 1 unspecified atom stereocenters. The Morgan fingerprint density at radius 1 is 1.25 bits per heavy atom. The van der Waals surface area contributed by atoms with Crippen LogP contribution in [0.15, 0.2) is 43.2 Å². The summed E-state index contributed by atoms with van der Waals surface area (Å²) in [5.41, 5.74) is 11.0. The molecule has 2 fully saturated rings. The van der Waals surface area contributed by atoms with Crippen molar-refractivity contribution in [2.45, 2.75) is 12.3 Å². The summed E-state index contributed by atoms with van der Waals surface area (Å²) in [4.78, 5) is 36.5. The second kappa shape index (κ2) is 7.67. The highest BCUT2D eigenvalue weighted by molar-refractivity contribution is 6.03. The summed E-state index contributed by atoms with van der Waals surface area (Å²) in [6, 6.07) is 7.83. The number of nitrogens with zero attached hydrogens (tertiary/aromatic N) is 5. The Bertz CT molecular complexity index is 1230. The Hall–Kier alpha value is -3.88. The third-order valence-corrected chi connectivity index (χ3v) is 6.43. The second-order valence-corrected chi connectivity index (χ2v) is 8.18. The van der Waals surface area contributed by atoms with Gasteiger partial charge in [-0.3, -0.25) is 9.69 Å². The molecule has 1 atom stereocenters. The number of nitrogens with two attached hydrogens (primary N) is 1. The molecule has 2 saturated heterocycles. The summed E-state index contributed by atoms with van der Waals surface area (Å²) in [6.07, 6.45) is 3.68. The quantitative estimate of drug-likeness (QED) is 0.616. The zero-order valence-electron chi connectivity index (χ0n) is 17.9. The van der Waals surface area contributed by atoms with Crippen molar-refractivity contribution in [3.63, 3.8) is 0 Å². The molecule has 0 aliphatic carbocycles. The van der Waals surface area contributed by atoms with E-state index >= 15 is 0 Å². The van der Waals surface area contributed by atoms with E-state index < -0.39 is 0 Å². The van der Waals surface area contributed by atoms with Gasteiger partial charge in [-0.15, -0.1) is 0 Å². The van der Waals surface area contributed by atoms with Gasteiger partial charge in [-0.1, -0.05) is 18.7 Å². The minimum absolute atomic E-state index is 0.0552. The topological polar surface area (TPSA) is 109 Å². The Morgan fingerprint density at radius 2 is 2.03 bits per heavy atom. The number of urea groups is 1. The average molecular weight is 432 g/mol. The van der Waals surface area contributed by atoms with Crippen LogP contribution in [0.5, 0.6) is 0 Å². The molecule has 3 aromatic rings. The number of carbonyl (C=O) groups is 2. The molecular weight excluding hydrogens is 406 g/mol. The van der Waals surface area contributed by atoms with Gasteiger partial charge in [-0.2, -0.15) is 0 Å². The maximum Gasteiger partial charge on any atom is 0.321 e. The van der Waals surface area contributed by atoms with Crippen molar-refractivity contribution in [3.8, 4) is 11.1 Å². The number of rotatable bonds is 4. The molecule has 4 heterocycles. The fourth-order valence-corrected chi connectivity index (χ4v) is 4.90. The van der Waals surface area contributed by atoms with E-state index in [0.717, 1.165) is 40.0 Å². The first-order chi connectivity index (χ1) is 15.5. The first-order valence-corrected chi connectivity index (χ1v) is 10.7. The summed E-state index contributed by atoms with van der Waals surface area (Å²) in [5, 5.41) is 3.64. The normalized spacial score (nSPS) is 18.4. The van der Waals surface area contributed by atoms with Crippen molar-refractivity contribution in [3.05, 3.63) is 48.9 Å². The zero-order valence-corrected chi connectivity index (χ0v) is 17.9. The van der Waals surface area contributed by atoms with Gasteiger partial charge < -0.3 is 20.5 Å². The lowest BCUT2D eigenvalue weighted by Crippen LogP contribution is -2.27. The van der Waals surface area contributed by atoms with Crippen LogP contribution in [-0.2, 0) is 11.8 Å². The molecule has 2 aliphatic heterocycles. The summed E-state index contributed by atoms with van der Waals surface area (Å²) in [5.74, 6) is 0.503. The predicted octanol–water partition coefficient (Wildman–Crippen LogP) is 2.25. The van der Waals surface area contributed by atoms with Crippen molar-refractivity contribution < 1.29 is 9.59 Å². The molecule has 3 N–H and O–H groups in total. The molecule has 32 heavy (non-hydrogen) atoms. The van der Waals surface area contributed by atoms with Crippen LogP contribution in [0.2, 0.25) is 0 Å². The van der Waals surface area contributed by atoms with Crippen LogP contribution < -0.4 is 16.0 Å². The predicted molar refractivity (Wildman–Crippen MR) is 123 cm³/mol. The Kier molecular flexibility index (Phi) is 4.80. The number of aromatic nitrogens is 3. The lowest BCUT2D eigenvalue weighted by molar-refractivity contribution is -0.125. The largest absolute Gasteiger partial charge is 0.383 e. The van der Waals surface area contributed by atoms with Crippen LogP contribution in [0.1, 0.15) is 18.0 Å². The number of hydrogen-bond acceptors (Lipinski definition) is 5. The van der Waals surface area contributed by atoms with Gasteiger partial charge in [0, 0.05) is 56.1 Å². The van der Waals surface area contributed by atoms with E-state index in [9.17, 15) is 9.59 Å². The molecule has 2 aromatic heterocycles. The lowest BCUT2D eigenvalue weighted by atomic mass is 9.94. The minimum Gasteiger partial charge on any atom is -0.383 e. The van der Waals surface area contributed by atoms with Crippen LogP contribution in [0.4, 0.5) is 16.3 Å². The Morgan fingerprint density at radius 3 is 2.72 bits per heavy atom. The van der Waals surface area contributed by atoms with Gasteiger partial charge in [-0.05, 0) is 30.2 Å². The molecule has 5 rings (SSSR count). The van der Waals surface area contributed by atoms with E-state index in [-0.39, 0.29) is 17.9 Å². The number of fused-ring (bicyclic) bond motifs is 1. The van der Waals surface area contributed by atoms with E-state index in [1.807, 2.05) is 36.2 Å². The van der Waals surface area contributed by atoms with Crippen LogP contribution in [0.25, 0.3) is 22.2 Å². The summed E-state index contributed by atoms with van der Waals surface area (Å²) in [7, 11) is 1.98. The Balaban J connectivity index is 1.62. The van der Waals surface area contributed by atoms with E-state index in [2.05, 4.69) is 26.4 Å². The monoisotopic (exact) mass is 431 g/mol. The molecule has 3 amide bonds. The number of anilines is 2. The maximum absolute atomic E-state index is 12.2. The van der Waals surface area contributed by atoms with Gasteiger partial charge in [0.2, 0.25) is 5.91 Å². The van der Waals surface area contributed by atoms with Gasteiger partial charge >= 0.3 is 6.03 Å². The summed E-state index contributed by atoms with van der Waals surface area (Å²) >= 11 is 0. The molecule has 9 heteroatoms. The number of hydrogen-bond donors (Lipinski definition) is 2. The number of likely N-dealkylation sites (tertiary alicyclic amines) is 1. The molecule has 2 aliphatic rings. The third-order valence-electron chi connectivity index (χ3n) is 6.43. The van der Waals surface area contributed by atoms with Gasteiger partial charge in [-0.25, -0.2) is 14.8 Å². The fourth-order valence-electron chi connectivity index (χ4n) is 4.90. The van der Waals surface area contributed by atoms with Crippen LogP contribution in [0, 0.1) is 0 Å². The number of aryl methyl sites for hydroxylation is 1. The van der Waals surface area contributed by atoms with Crippen molar-refractivity contribution in [1.82, 2.24) is 24.8 Å². The summed E-state index contributed by atoms with van der Waals surface area (Å²) < 4.78 is 2.07. The molecule has 0 spiro atoms. The Labute approximate surface area is 185 Å². The number of nitrogens with one attached hydrogen (secondary N) is 1. The highest BCUT2D eigenvalue weighted by atomic mass is 16.2. The first kappa shape index (κ1) is 20.0. The number of amides is 3. The fraction of sp³-hybridized carbons (Fsp3) is 0.304. The van der Waals surface area contributed by atoms with E-state index in [0.29, 0.717) is 32.0 Å². The average Bonchev–Trinajstić information content (AvgIpc) is 3.52. The lowest BCUT2D eigenvalue weighted by Gasteiger charge is -2.18. The van der Waals surface area contributed by atoms with E-state index in [1.54, 1.807) is 4.90 Å². The number of benzene rings is 1. The standard InChI is InChI=1S/C23H25N7O2/c1-3-17(31)29-10-8-15(12-29)20-18(19-21(24)26-13-27-22(19)28(20)2)14-4-6-16(7-5-14)30-11-9-25-23(30)32/h3-7,13,15H,1,8-12H2,2H3,(H,25,32)(H2,24,26,27). The van der Waals surface area contributed by atoms with Gasteiger partial charge in [0.05, 0.1) is 5.39 Å². The van der Waals surface area contributed by atoms with Crippen LogP contribution >= 0.6 is 0 Å². The zero-order chi connectivity index (χ0) is 22.4. The molecule has 9 nitrogen and oxygen atoms in total. The second-order valence-electron chi connectivity index (χ2n) is 8.18. The highest BCUT2D eigenvalue weighted by Gasteiger charge is 2.32. The SMILES string of the molecule is C=CC(=O)N1CCC(c2c(-c3ccc(N4CCNC4=O)cc3)c3c(N)ncnc3n2C)C1. The minimum atomic E-state index is -0.0841. The number of nitrogen functional groups attached to an aromatic ring is 1. The molecule has 1 aromatic carbocycles. The summed E-state index contributed by atoms with van der Waals surface area (Å²) in [6.45, 7) is 6.20. The van der Waals surface area contributed by atoms with Crippen molar-refractivity contribution in [1.29, 1.82) is 0 Å². The van der Waals surface area contributed by atoms with Crippen molar-refractivity contribution in [2.24, 2.45) is 7.05 Å². The molecule has 164 valence electrons. The van der Waals surface area contributed by atoms with Gasteiger partial charge in [0.1, 0.15) is 17.8 Å². The van der Waals surface area contributed by atoms with Crippen LogP contribution in [-0.4, -0.2) is 57.6 Å². The van der Waals surface area contributed by atoms with Crippen molar-refractivity contribution >= 4 is 34.5 Å². The maximum atomic E-state index is 12.2. The van der Waals surface area contributed by atoms with Crippen molar-refractivity contribution in [2.75, 3.05) is 36.8 Å². The highest BCUT2D eigenvalue weighted by Crippen LogP contribution is 2.42. The van der Waals surface area contributed by atoms with E-state index in [1.165, 1.54) is 12.4 Å². The smallest absolute Gasteiger partial charge is 0.321 e. The molecule has 0 saturated carbocycles. The third kappa shape index (κ3) is 3.08. The molecular formula is C23H25N7O2. The van der Waals surface area contributed by atoms with Crippen LogP contribution in [0.3, 0.4) is 0 Å². The van der Waals surface area contributed by atoms with Gasteiger partial charge in [0.25, 0.3) is 0 Å². The molecule has 0 radical (unpaired) electrons. The first-order valence-electron chi connectivity index (χ1n) is 10.7. The van der Waals surface area contributed by atoms with E-state index in [4.69, 9.17) is 5.73 Å².